The minimum absolute atomic E-state index is 0.0154. The van der Waals surface area contributed by atoms with Gasteiger partial charge in [-0.25, -0.2) is 9.97 Å². The Kier molecular flexibility index (Phi) is 3.41. The monoisotopic (exact) mass is 388 g/mol. The van der Waals surface area contributed by atoms with Crippen LogP contribution in [0.1, 0.15) is 25.8 Å². The second kappa shape index (κ2) is 6.00. The van der Waals surface area contributed by atoms with Crippen LogP contribution in [0, 0.1) is 0 Å². The molecule has 0 bridgehead atoms. The van der Waals surface area contributed by atoms with Crippen LogP contribution in [0.15, 0.2) is 43.2 Å². The predicted molar refractivity (Wildman–Crippen MR) is 107 cm³/mol. The van der Waals surface area contributed by atoms with E-state index in [0.717, 1.165) is 59.8 Å². The third-order valence-corrected chi connectivity index (χ3v) is 5.79. The summed E-state index contributed by atoms with van der Waals surface area (Å²) in [7, 11) is 0. The van der Waals surface area contributed by atoms with Gasteiger partial charge in [0.2, 0.25) is 0 Å². The van der Waals surface area contributed by atoms with E-state index in [4.69, 9.17) is 4.74 Å². The van der Waals surface area contributed by atoms with Crippen molar-refractivity contribution < 1.29 is 4.74 Å². The van der Waals surface area contributed by atoms with Crippen molar-refractivity contribution in [3.05, 3.63) is 43.2 Å². The molecule has 0 unspecified atom stereocenters. The third-order valence-electron chi connectivity index (χ3n) is 5.79. The van der Waals surface area contributed by atoms with E-state index < -0.39 is 0 Å². The predicted octanol–water partition coefficient (Wildman–Crippen LogP) is 2.60. The maximum Gasteiger partial charge on any atom is 0.132 e. The van der Waals surface area contributed by atoms with Crippen molar-refractivity contribution in [2.75, 3.05) is 18.0 Å². The van der Waals surface area contributed by atoms with Crippen LogP contribution in [0.4, 0.5) is 5.82 Å². The molecule has 1 saturated carbocycles. The average molecular weight is 388 g/mol. The van der Waals surface area contributed by atoms with E-state index in [1.807, 2.05) is 28.8 Å². The molecular weight excluding hydrogens is 368 g/mol. The second-order valence-electron chi connectivity index (χ2n) is 8.06. The van der Waals surface area contributed by atoms with Gasteiger partial charge in [0.25, 0.3) is 0 Å². The molecule has 0 amide bonds. The summed E-state index contributed by atoms with van der Waals surface area (Å²) in [5.41, 5.74) is 2.55. The van der Waals surface area contributed by atoms with Gasteiger partial charge in [0.15, 0.2) is 0 Å². The summed E-state index contributed by atoms with van der Waals surface area (Å²) in [5, 5.41) is 16.4. The first-order valence-corrected chi connectivity index (χ1v) is 9.76. The van der Waals surface area contributed by atoms with E-state index >= 15 is 0 Å². The van der Waals surface area contributed by atoms with E-state index in [2.05, 4.69) is 42.2 Å². The fourth-order valence-electron chi connectivity index (χ4n) is 3.69. The van der Waals surface area contributed by atoms with E-state index in [9.17, 15) is 0 Å². The number of fused-ring (bicyclic) bond motifs is 1. The van der Waals surface area contributed by atoms with Crippen molar-refractivity contribution in [3.63, 3.8) is 0 Å². The van der Waals surface area contributed by atoms with Crippen LogP contribution in [0.25, 0.3) is 22.3 Å². The number of anilines is 1. The van der Waals surface area contributed by atoms with E-state index in [1.165, 1.54) is 0 Å². The van der Waals surface area contributed by atoms with Crippen LogP contribution in [0.3, 0.4) is 0 Å². The van der Waals surface area contributed by atoms with Gasteiger partial charge in [0.05, 0.1) is 17.3 Å². The minimum Gasteiger partial charge on any atom is -0.488 e. The van der Waals surface area contributed by atoms with Crippen molar-refractivity contribution in [1.29, 1.82) is 0 Å². The second-order valence-corrected chi connectivity index (χ2v) is 8.06. The Morgan fingerprint density at radius 2 is 1.93 bits per heavy atom. The highest BCUT2D eigenvalue weighted by Crippen LogP contribution is 2.40. The zero-order valence-electron chi connectivity index (χ0n) is 16.0. The molecule has 1 aromatic carbocycles. The highest BCUT2D eigenvalue weighted by molar-refractivity contribution is 5.93. The largest absolute Gasteiger partial charge is 0.488 e. The zero-order chi connectivity index (χ0) is 19.4. The molecule has 0 radical (unpaired) electrons. The lowest BCUT2D eigenvalue weighted by Gasteiger charge is -2.40. The Bertz CT molecular complexity index is 1170. The molecule has 2 aliphatic rings. The Labute approximate surface area is 166 Å². The van der Waals surface area contributed by atoms with Gasteiger partial charge >= 0.3 is 0 Å². The van der Waals surface area contributed by atoms with Gasteiger partial charge in [0, 0.05) is 24.5 Å². The zero-order valence-corrected chi connectivity index (χ0v) is 16.0. The minimum atomic E-state index is -0.0154. The number of ether oxygens (including phenoxy) is 1. The van der Waals surface area contributed by atoms with Crippen molar-refractivity contribution in [1.82, 2.24) is 34.9 Å². The quantitative estimate of drug-likeness (QED) is 0.561. The number of aromatic nitrogens is 7. The molecule has 1 saturated heterocycles. The van der Waals surface area contributed by atoms with Crippen molar-refractivity contribution in [2.45, 2.75) is 31.4 Å². The molecule has 9 heteroatoms. The lowest BCUT2D eigenvalue weighted by atomic mass is 10.1. The number of benzene rings is 1. The molecule has 6 rings (SSSR count). The van der Waals surface area contributed by atoms with Gasteiger partial charge in [-0.3, -0.25) is 5.10 Å². The molecule has 0 atom stereocenters. The summed E-state index contributed by atoms with van der Waals surface area (Å²) >= 11 is 0. The molecule has 29 heavy (non-hydrogen) atoms. The van der Waals surface area contributed by atoms with Crippen LogP contribution in [-0.4, -0.2) is 53.6 Å². The molecule has 2 fully saturated rings. The Hall–Kier alpha value is -3.49. The summed E-state index contributed by atoms with van der Waals surface area (Å²) in [4.78, 5) is 11.1. The van der Waals surface area contributed by atoms with E-state index in [-0.39, 0.29) is 5.60 Å². The summed E-state index contributed by atoms with van der Waals surface area (Å²) < 4.78 is 8.15. The highest BCUT2D eigenvalue weighted by Gasteiger charge is 2.40. The van der Waals surface area contributed by atoms with Crippen molar-refractivity contribution in [2.24, 2.45) is 0 Å². The number of nitrogens with zero attached hydrogens (tertiary/aromatic N) is 7. The van der Waals surface area contributed by atoms with Crippen LogP contribution in [0.5, 0.6) is 5.75 Å². The highest BCUT2D eigenvalue weighted by atomic mass is 16.5. The number of rotatable bonds is 5. The average Bonchev–Trinajstić information content (AvgIpc) is 3.10. The first-order valence-electron chi connectivity index (χ1n) is 9.76. The van der Waals surface area contributed by atoms with Crippen molar-refractivity contribution >= 4 is 16.7 Å². The molecule has 1 N–H and O–H groups in total. The summed E-state index contributed by atoms with van der Waals surface area (Å²) in [5.74, 6) is 1.77. The molecule has 0 spiro atoms. The first-order chi connectivity index (χ1) is 14.2. The Balaban J connectivity index is 1.28. The fraction of sp³-hybridized carbons (Fsp3) is 0.350. The molecule has 1 aliphatic heterocycles. The molecule has 146 valence electrons. The molecule has 4 aromatic rings. The summed E-state index contributed by atoms with van der Waals surface area (Å²) in [6, 6.07) is 8.41. The number of aromatic amines is 1. The van der Waals surface area contributed by atoms with Gasteiger partial charge < -0.3 is 14.2 Å². The molecule has 9 nitrogen and oxygen atoms in total. The third kappa shape index (κ3) is 2.89. The van der Waals surface area contributed by atoms with Gasteiger partial charge in [-0.15, -0.1) is 10.2 Å². The molecule has 3 aromatic heterocycles. The van der Waals surface area contributed by atoms with Gasteiger partial charge in [-0.1, -0.05) is 0 Å². The van der Waals surface area contributed by atoms with E-state index in [0.29, 0.717) is 6.04 Å². The van der Waals surface area contributed by atoms with Gasteiger partial charge in [0.1, 0.15) is 41.8 Å². The first kappa shape index (κ1) is 16.5. The molecule has 4 heterocycles. The number of H-pyrrole nitrogens is 1. The SMILES string of the molecule is CC1(Oc2ccc3[nH]nc(-c4cc(N5CC(n6cnnc6)C5)ncn4)c3c2)CC1. The standard InChI is InChI=1S/C20H20N8O/c1-20(4-5-20)29-14-2-3-16-15(6-14)19(26-25-16)17-7-18(22-10-21-17)27-8-13(9-27)28-11-23-24-12-28/h2-3,6-7,10-13H,4-5,8-9H2,1H3,(H,25,26). The Morgan fingerprint density at radius 1 is 1.10 bits per heavy atom. The van der Waals surface area contributed by atoms with Crippen LogP contribution < -0.4 is 9.64 Å². The Morgan fingerprint density at radius 3 is 2.72 bits per heavy atom. The van der Waals surface area contributed by atoms with Gasteiger partial charge in [-0.05, 0) is 38.0 Å². The smallest absolute Gasteiger partial charge is 0.132 e. The molecule has 1 aliphatic carbocycles. The maximum absolute atomic E-state index is 6.12. The number of hydrogen-bond donors (Lipinski definition) is 1. The van der Waals surface area contributed by atoms with Gasteiger partial charge in [-0.2, -0.15) is 5.10 Å². The molecular formula is C20H20N8O. The van der Waals surface area contributed by atoms with E-state index in [1.54, 1.807) is 19.0 Å². The number of nitrogens with one attached hydrogen (secondary N) is 1. The topological polar surface area (TPSA) is 97.6 Å². The van der Waals surface area contributed by atoms with Crippen LogP contribution in [0.2, 0.25) is 0 Å². The van der Waals surface area contributed by atoms with Crippen molar-refractivity contribution in [3.8, 4) is 17.1 Å². The lowest BCUT2D eigenvalue weighted by Crippen LogP contribution is -2.47. The maximum atomic E-state index is 6.12. The van der Waals surface area contributed by atoms with Crippen LogP contribution in [-0.2, 0) is 0 Å². The van der Waals surface area contributed by atoms with Crippen LogP contribution >= 0.6 is 0 Å². The normalized spacial score (nSPS) is 18.0. The summed E-state index contributed by atoms with van der Waals surface area (Å²) in [6.07, 6.45) is 7.31. The fourth-order valence-corrected chi connectivity index (χ4v) is 3.69. The lowest BCUT2D eigenvalue weighted by molar-refractivity contribution is 0.200. The summed E-state index contributed by atoms with van der Waals surface area (Å²) in [6.45, 7) is 3.88. The number of hydrogen-bond acceptors (Lipinski definition) is 7.